The number of carbonyl (C=O) groups excluding carboxylic acids is 1. The average Bonchev–Trinajstić information content (AvgIpc) is 2.61. The number of ether oxygens (including phenoxy) is 1. The second-order valence-electron chi connectivity index (χ2n) is 5.98. The Labute approximate surface area is 159 Å². The highest BCUT2D eigenvalue weighted by Crippen LogP contribution is 2.23. The van der Waals surface area contributed by atoms with Crippen molar-refractivity contribution in [2.75, 3.05) is 19.6 Å². The highest BCUT2D eigenvalue weighted by molar-refractivity contribution is 6.31. The zero-order valence-electron chi connectivity index (χ0n) is 14.1. The summed E-state index contributed by atoms with van der Waals surface area (Å²) in [5.74, 6) is 0.603. The van der Waals surface area contributed by atoms with Gasteiger partial charge in [-0.2, -0.15) is 0 Å². The summed E-state index contributed by atoms with van der Waals surface area (Å²) in [6.07, 6.45) is 0. The predicted molar refractivity (Wildman–Crippen MR) is 103 cm³/mol. The standard InChI is InChI=1S/C19H21ClN2O2.ClH/c1-14-12-22(11-10-21-14)19(23)16-7-3-5-9-18(16)24-13-15-6-2-4-8-17(15)20;/h2-9,14,21H,10-13H2,1H3;1H. The summed E-state index contributed by atoms with van der Waals surface area (Å²) < 4.78 is 5.90. The molecule has 1 fully saturated rings. The first-order valence-electron chi connectivity index (χ1n) is 8.13. The van der Waals surface area contributed by atoms with E-state index in [9.17, 15) is 4.79 Å². The van der Waals surface area contributed by atoms with Crippen LogP contribution in [0.3, 0.4) is 0 Å². The normalized spacial score (nSPS) is 16.9. The first kappa shape index (κ1) is 19.6. The van der Waals surface area contributed by atoms with Gasteiger partial charge in [-0.3, -0.25) is 4.79 Å². The Bertz CT molecular complexity index is 724. The van der Waals surface area contributed by atoms with Gasteiger partial charge in [0.15, 0.2) is 0 Å². The maximum absolute atomic E-state index is 12.8. The number of nitrogens with one attached hydrogen (secondary N) is 1. The molecule has 1 atom stereocenters. The fraction of sp³-hybridized carbons (Fsp3) is 0.316. The number of amides is 1. The molecule has 6 heteroatoms. The average molecular weight is 381 g/mol. The third-order valence-corrected chi connectivity index (χ3v) is 4.48. The molecule has 2 aromatic rings. The van der Waals surface area contributed by atoms with Gasteiger partial charge in [-0.05, 0) is 25.1 Å². The number of para-hydroxylation sites is 1. The topological polar surface area (TPSA) is 41.6 Å². The number of benzene rings is 2. The van der Waals surface area contributed by atoms with Crippen molar-refractivity contribution in [3.05, 3.63) is 64.7 Å². The fourth-order valence-corrected chi connectivity index (χ4v) is 3.02. The molecule has 1 aliphatic rings. The third-order valence-electron chi connectivity index (χ3n) is 4.11. The quantitative estimate of drug-likeness (QED) is 0.877. The van der Waals surface area contributed by atoms with Gasteiger partial charge >= 0.3 is 0 Å². The van der Waals surface area contributed by atoms with Crippen molar-refractivity contribution in [1.82, 2.24) is 10.2 Å². The molecule has 0 bridgehead atoms. The van der Waals surface area contributed by atoms with E-state index in [1.54, 1.807) is 0 Å². The van der Waals surface area contributed by atoms with Crippen LogP contribution in [0.1, 0.15) is 22.8 Å². The Morgan fingerprint density at radius 3 is 2.72 bits per heavy atom. The van der Waals surface area contributed by atoms with E-state index in [2.05, 4.69) is 12.2 Å². The van der Waals surface area contributed by atoms with E-state index < -0.39 is 0 Å². The Morgan fingerprint density at radius 2 is 1.96 bits per heavy atom. The lowest BCUT2D eigenvalue weighted by molar-refractivity contribution is 0.0704. The van der Waals surface area contributed by atoms with Gasteiger partial charge in [0.05, 0.1) is 5.56 Å². The second kappa shape index (κ2) is 9.09. The van der Waals surface area contributed by atoms with Gasteiger partial charge in [0.1, 0.15) is 12.4 Å². The van der Waals surface area contributed by atoms with E-state index in [0.717, 1.165) is 12.1 Å². The first-order valence-corrected chi connectivity index (χ1v) is 8.51. The molecule has 1 saturated heterocycles. The fourth-order valence-electron chi connectivity index (χ4n) is 2.83. The van der Waals surface area contributed by atoms with Gasteiger partial charge in [-0.15, -0.1) is 12.4 Å². The summed E-state index contributed by atoms with van der Waals surface area (Å²) >= 11 is 6.17. The number of hydrogen-bond acceptors (Lipinski definition) is 3. The summed E-state index contributed by atoms with van der Waals surface area (Å²) in [5, 5.41) is 4.01. The second-order valence-corrected chi connectivity index (χ2v) is 6.39. The van der Waals surface area contributed by atoms with Crippen LogP contribution in [0, 0.1) is 0 Å². The van der Waals surface area contributed by atoms with Gasteiger partial charge in [0.25, 0.3) is 5.91 Å². The van der Waals surface area contributed by atoms with E-state index in [4.69, 9.17) is 16.3 Å². The molecule has 1 heterocycles. The van der Waals surface area contributed by atoms with Crippen LogP contribution in [0.5, 0.6) is 5.75 Å². The van der Waals surface area contributed by atoms with E-state index >= 15 is 0 Å². The van der Waals surface area contributed by atoms with Gasteiger partial charge in [0.2, 0.25) is 0 Å². The lowest BCUT2D eigenvalue weighted by atomic mass is 10.1. The van der Waals surface area contributed by atoms with Crippen LogP contribution < -0.4 is 10.1 Å². The number of halogens is 2. The summed E-state index contributed by atoms with van der Waals surface area (Å²) in [5.41, 5.74) is 1.50. The van der Waals surface area contributed by atoms with Crippen molar-refractivity contribution >= 4 is 29.9 Å². The molecule has 0 aromatic heterocycles. The molecule has 134 valence electrons. The van der Waals surface area contributed by atoms with Crippen LogP contribution in [-0.2, 0) is 6.61 Å². The Morgan fingerprint density at radius 1 is 1.24 bits per heavy atom. The summed E-state index contributed by atoms with van der Waals surface area (Å²) in [6.45, 7) is 4.65. The van der Waals surface area contributed by atoms with Crippen LogP contribution in [-0.4, -0.2) is 36.5 Å². The molecule has 0 radical (unpaired) electrons. The Hall–Kier alpha value is -1.75. The molecule has 25 heavy (non-hydrogen) atoms. The van der Waals surface area contributed by atoms with Crippen molar-refractivity contribution in [3.8, 4) is 5.75 Å². The maximum atomic E-state index is 12.8. The number of nitrogens with zero attached hydrogens (tertiary/aromatic N) is 1. The van der Waals surface area contributed by atoms with Gasteiger partial charge in [-0.1, -0.05) is 41.9 Å². The molecule has 1 N–H and O–H groups in total. The maximum Gasteiger partial charge on any atom is 0.257 e. The minimum atomic E-state index is 0. The molecule has 1 amide bonds. The van der Waals surface area contributed by atoms with Crippen LogP contribution in [0.2, 0.25) is 5.02 Å². The Kier molecular flexibility index (Phi) is 7.12. The highest BCUT2D eigenvalue weighted by atomic mass is 35.5. The summed E-state index contributed by atoms with van der Waals surface area (Å²) in [4.78, 5) is 14.7. The Balaban J connectivity index is 0.00000225. The van der Waals surface area contributed by atoms with Crippen molar-refractivity contribution in [3.63, 3.8) is 0 Å². The minimum absolute atomic E-state index is 0. The predicted octanol–water partition coefficient (Wildman–Crippen LogP) is 3.77. The van der Waals surface area contributed by atoms with Crippen LogP contribution in [0.15, 0.2) is 48.5 Å². The SMILES string of the molecule is CC1CN(C(=O)c2ccccc2OCc2ccccc2Cl)CCN1.Cl. The number of piperazine rings is 1. The van der Waals surface area contributed by atoms with E-state index in [0.29, 0.717) is 42.1 Å². The van der Waals surface area contributed by atoms with E-state index in [1.165, 1.54) is 0 Å². The molecule has 1 unspecified atom stereocenters. The van der Waals surface area contributed by atoms with Gasteiger partial charge in [-0.25, -0.2) is 0 Å². The van der Waals surface area contributed by atoms with Crippen LogP contribution in [0.25, 0.3) is 0 Å². The molecule has 4 nitrogen and oxygen atoms in total. The van der Waals surface area contributed by atoms with Crippen molar-refractivity contribution in [1.29, 1.82) is 0 Å². The smallest absolute Gasteiger partial charge is 0.257 e. The highest BCUT2D eigenvalue weighted by Gasteiger charge is 2.23. The molecule has 3 rings (SSSR count). The van der Waals surface area contributed by atoms with E-state index in [-0.39, 0.29) is 18.3 Å². The molecular formula is C19H22Cl2N2O2. The number of carbonyl (C=O) groups is 1. The molecule has 0 saturated carbocycles. The molecule has 1 aliphatic heterocycles. The zero-order chi connectivity index (χ0) is 16.9. The number of rotatable bonds is 4. The molecule has 0 spiro atoms. The van der Waals surface area contributed by atoms with Crippen LogP contribution in [0.4, 0.5) is 0 Å². The lowest BCUT2D eigenvalue weighted by Crippen LogP contribution is -2.51. The first-order chi connectivity index (χ1) is 11.6. The van der Waals surface area contributed by atoms with Gasteiger partial charge < -0.3 is 15.0 Å². The third kappa shape index (κ3) is 4.88. The summed E-state index contributed by atoms with van der Waals surface area (Å²) in [7, 11) is 0. The van der Waals surface area contributed by atoms with Crippen molar-refractivity contribution in [2.45, 2.75) is 19.6 Å². The molecule has 2 aromatic carbocycles. The van der Waals surface area contributed by atoms with E-state index in [1.807, 2.05) is 53.4 Å². The monoisotopic (exact) mass is 380 g/mol. The largest absolute Gasteiger partial charge is 0.488 e. The van der Waals surface area contributed by atoms with Gasteiger partial charge in [0, 0.05) is 36.3 Å². The van der Waals surface area contributed by atoms with Crippen LogP contribution >= 0.6 is 24.0 Å². The van der Waals surface area contributed by atoms with Crippen molar-refractivity contribution in [2.24, 2.45) is 0 Å². The van der Waals surface area contributed by atoms with Crippen molar-refractivity contribution < 1.29 is 9.53 Å². The molecule has 0 aliphatic carbocycles. The minimum Gasteiger partial charge on any atom is -0.488 e. The lowest BCUT2D eigenvalue weighted by Gasteiger charge is -2.32. The number of hydrogen-bond donors (Lipinski definition) is 1. The molecular weight excluding hydrogens is 359 g/mol. The summed E-state index contributed by atoms with van der Waals surface area (Å²) in [6, 6.07) is 15.2. The zero-order valence-corrected chi connectivity index (χ0v) is 15.6.